The molecule has 1 unspecified atom stereocenters. The summed E-state index contributed by atoms with van der Waals surface area (Å²) in [6, 6.07) is 15.4. The van der Waals surface area contributed by atoms with E-state index in [1.54, 1.807) is 30.5 Å². The van der Waals surface area contributed by atoms with Crippen LogP contribution in [0.2, 0.25) is 0 Å². The van der Waals surface area contributed by atoms with Gasteiger partial charge < -0.3 is 9.84 Å². The third-order valence-corrected chi connectivity index (χ3v) is 3.27. The van der Waals surface area contributed by atoms with Crippen molar-refractivity contribution in [3.63, 3.8) is 0 Å². The maximum absolute atomic E-state index is 13.6. The molecule has 1 atom stereocenters. The first kappa shape index (κ1) is 13.5. The van der Waals surface area contributed by atoms with E-state index in [0.717, 1.165) is 10.9 Å². The van der Waals surface area contributed by atoms with Gasteiger partial charge in [0.2, 0.25) is 0 Å². The van der Waals surface area contributed by atoms with Crippen LogP contribution < -0.4 is 4.74 Å². The Labute approximate surface area is 121 Å². The number of hydrogen-bond acceptors (Lipinski definition) is 3. The molecule has 106 valence electrons. The average molecular weight is 283 g/mol. The maximum Gasteiger partial charge on any atom is 0.129 e. The van der Waals surface area contributed by atoms with Gasteiger partial charge in [-0.25, -0.2) is 4.39 Å². The Bertz CT molecular complexity index is 755. The summed E-state index contributed by atoms with van der Waals surface area (Å²) in [5.74, 6) is 0.184. The first-order valence-corrected chi connectivity index (χ1v) is 6.65. The third-order valence-electron chi connectivity index (χ3n) is 3.27. The highest BCUT2D eigenvalue weighted by atomic mass is 19.1. The molecule has 3 nitrogen and oxygen atoms in total. The van der Waals surface area contributed by atoms with Crippen LogP contribution in [0.4, 0.5) is 4.39 Å². The molecule has 0 saturated heterocycles. The maximum atomic E-state index is 13.6. The lowest BCUT2D eigenvalue weighted by molar-refractivity contribution is 0.106. The largest absolute Gasteiger partial charge is 0.490 e. The van der Waals surface area contributed by atoms with E-state index < -0.39 is 11.9 Å². The molecule has 0 amide bonds. The quantitative estimate of drug-likeness (QED) is 0.797. The summed E-state index contributed by atoms with van der Waals surface area (Å²) in [5.41, 5.74) is 1.05. The number of ether oxygens (including phenoxy) is 1. The Hall–Kier alpha value is -2.46. The molecular formula is C17H14FNO2. The molecule has 0 aliphatic carbocycles. The minimum Gasteiger partial charge on any atom is -0.490 e. The van der Waals surface area contributed by atoms with E-state index in [9.17, 15) is 9.50 Å². The molecule has 3 rings (SSSR count). The number of rotatable bonds is 4. The normalized spacial score (nSPS) is 12.3. The van der Waals surface area contributed by atoms with Gasteiger partial charge >= 0.3 is 0 Å². The van der Waals surface area contributed by atoms with Gasteiger partial charge in [0.05, 0.1) is 5.52 Å². The van der Waals surface area contributed by atoms with Gasteiger partial charge in [0.1, 0.15) is 24.3 Å². The Morgan fingerprint density at radius 3 is 2.76 bits per heavy atom. The first-order chi connectivity index (χ1) is 10.3. The Balaban J connectivity index is 1.79. The molecule has 0 aliphatic heterocycles. The Morgan fingerprint density at radius 2 is 1.90 bits per heavy atom. The lowest BCUT2D eigenvalue weighted by Crippen LogP contribution is -2.11. The number of nitrogens with zero attached hydrogens (tertiary/aromatic N) is 1. The second kappa shape index (κ2) is 5.89. The molecule has 0 bridgehead atoms. The lowest BCUT2D eigenvalue weighted by atomic mass is 10.1. The van der Waals surface area contributed by atoms with Crippen molar-refractivity contribution in [1.82, 2.24) is 4.98 Å². The number of pyridine rings is 1. The van der Waals surface area contributed by atoms with Gasteiger partial charge in [0.15, 0.2) is 0 Å². The summed E-state index contributed by atoms with van der Waals surface area (Å²) < 4.78 is 19.2. The predicted molar refractivity (Wildman–Crippen MR) is 78.6 cm³/mol. The van der Waals surface area contributed by atoms with Gasteiger partial charge in [-0.3, -0.25) is 4.98 Å². The van der Waals surface area contributed by atoms with Gasteiger partial charge in [-0.15, -0.1) is 0 Å². The molecule has 1 heterocycles. The molecular weight excluding hydrogens is 269 g/mol. The highest BCUT2D eigenvalue weighted by Gasteiger charge is 2.13. The van der Waals surface area contributed by atoms with Gasteiger partial charge in [0, 0.05) is 17.1 Å². The van der Waals surface area contributed by atoms with E-state index in [4.69, 9.17) is 4.74 Å². The summed E-state index contributed by atoms with van der Waals surface area (Å²) in [6.07, 6.45) is 0.693. The average Bonchev–Trinajstić information content (AvgIpc) is 2.53. The molecule has 1 aromatic heterocycles. The Morgan fingerprint density at radius 1 is 1.05 bits per heavy atom. The van der Waals surface area contributed by atoms with Crippen molar-refractivity contribution < 1.29 is 14.2 Å². The summed E-state index contributed by atoms with van der Waals surface area (Å²) in [4.78, 5) is 4.24. The van der Waals surface area contributed by atoms with Crippen LogP contribution in [0.5, 0.6) is 5.75 Å². The van der Waals surface area contributed by atoms with Crippen LogP contribution in [0.15, 0.2) is 60.8 Å². The minimum absolute atomic E-state index is 0.0189. The summed E-state index contributed by atoms with van der Waals surface area (Å²) >= 11 is 0. The molecule has 21 heavy (non-hydrogen) atoms. The van der Waals surface area contributed by atoms with Crippen molar-refractivity contribution in [1.29, 1.82) is 0 Å². The van der Waals surface area contributed by atoms with Crippen molar-refractivity contribution in [2.75, 3.05) is 6.61 Å². The van der Waals surface area contributed by atoms with Crippen molar-refractivity contribution in [2.45, 2.75) is 6.10 Å². The second-order valence-electron chi connectivity index (χ2n) is 4.67. The fourth-order valence-electron chi connectivity index (χ4n) is 2.20. The van der Waals surface area contributed by atoms with E-state index in [1.165, 1.54) is 6.07 Å². The zero-order valence-corrected chi connectivity index (χ0v) is 11.2. The molecule has 0 spiro atoms. The van der Waals surface area contributed by atoms with Gasteiger partial charge in [-0.1, -0.05) is 24.3 Å². The number of hydrogen-bond donors (Lipinski definition) is 1. The van der Waals surface area contributed by atoms with Crippen molar-refractivity contribution in [3.8, 4) is 5.75 Å². The van der Waals surface area contributed by atoms with Crippen LogP contribution in [0.25, 0.3) is 10.9 Å². The van der Waals surface area contributed by atoms with Crippen LogP contribution in [-0.2, 0) is 0 Å². The highest BCUT2D eigenvalue weighted by molar-refractivity contribution is 5.84. The van der Waals surface area contributed by atoms with E-state index in [2.05, 4.69) is 4.98 Å². The van der Waals surface area contributed by atoms with E-state index >= 15 is 0 Å². The van der Waals surface area contributed by atoms with Gasteiger partial charge in [-0.2, -0.15) is 0 Å². The van der Waals surface area contributed by atoms with E-state index in [0.29, 0.717) is 5.75 Å². The van der Waals surface area contributed by atoms with Crippen LogP contribution in [0, 0.1) is 5.82 Å². The molecule has 3 aromatic rings. The number of aliphatic hydroxyl groups excluding tert-OH is 1. The van der Waals surface area contributed by atoms with E-state index in [1.807, 2.05) is 24.3 Å². The number of aromatic nitrogens is 1. The van der Waals surface area contributed by atoms with E-state index in [-0.39, 0.29) is 12.2 Å². The zero-order chi connectivity index (χ0) is 14.7. The lowest BCUT2D eigenvalue weighted by Gasteiger charge is -2.14. The smallest absolute Gasteiger partial charge is 0.129 e. The topological polar surface area (TPSA) is 42.4 Å². The van der Waals surface area contributed by atoms with Crippen molar-refractivity contribution in [2.24, 2.45) is 0 Å². The predicted octanol–water partition coefficient (Wildman–Crippen LogP) is 3.49. The first-order valence-electron chi connectivity index (χ1n) is 6.65. The van der Waals surface area contributed by atoms with Crippen LogP contribution >= 0.6 is 0 Å². The SMILES string of the molecule is OC(COc1cccc2ncccc12)c1ccccc1F. The second-order valence-corrected chi connectivity index (χ2v) is 4.67. The summed E-state index contributed by atoms with van der Waals surface area (Å²) in [5, 5.41) is 10.9. The molecule has 2 aromatic carbocycles. The van der Waals surface area contributed by atoms with Crippen LogP contribution in [-0.4, -0.2) is 16.7 Å². The molecule has 4 heteroatoms. The molecule has 1 N–H and O–H groups in total. The zero-order valence-electron chi connectivity index (χ0n) is 11.2. The van der Waals surface area contributed by atoms with Crippen LogP contribution in [0.1, 0.15) is 11.7 Å². The molecule has 0 fully saturated rings. The van der Waals surface area contributed by atoms with Gasteiger partial charge in [-0.05, 0) is 30.3 Å². The standard InChI is InChI=1S/C17H14FNO2/c18-14-7-2-1-5-12(14)16(20)11-21-17-9-3-8-15-13(17)6-4-10-19-15/h1-10,16,20H,11H2. The third kappa shape index (κ3) is 2.85. The van der Waals surface area contributed by atoms with Crippen molar-refractivity contribution in [3.05, 3.63) is 72.2 Å². The molecule has 0 aliphatic rings. The fraction of sp³-hybridized carbons (Fsp3) is 0.118. The number of fused-ring (bicyclic) bond motifs is 1. The summed E-state index contributed by atoms with van der Waals surface area (Å²) in [6.45, 7) is -0.0189. The monoisotopic (exact) mass is 283 g/mol. The fourth-order valence-corrected chi connectivity index (χ4v) is 2.20. The Kier molecular flexibility index (Phi) is 3.79. The van der Waals surface area contributed by atoms with Gasteiger partial charge in [0.25, 0.3) is 0 Å². The highest BCUT2D eigenvalue weighted by Crippen LogP contribution is 2.25. The van der Waals surface area contributed by atoms with Crippen LogP contribution in [0.3, 0.4) is 0 Å². The molecule has 0 radical (unpaired) electrons. The number of benzene rings is 2. The summed E-state index contributed by atoms with van der Waals surface area (Å²) in [7, 11) is 0. The number of aliphatic hydroxyl groups is 1. The van der Waals surface area contributed by atoms with Crippen molar-refractivity contribution >= 4 is 10.9 Å². The number of halogens is 1. The molecule has 0 saturated carbocycles. The minimum atomic E-state index is -1.02.